The number of ether oxygens (including phenoxy) is 1. The molecule has 2 aromatic carbocycles. The minimum atomic E-state index is -3.52. The molecule has 1 aliphatic heterocycles. The normalized spacial score (nSPS) is 15.9. The third-order valence-corrected chi connectivity index (χ3v) is 6.93. The first-order valence-corrected chi connectivity index (χ1v) is 11.2. The van der Waals surface area contributed by atoms with Gasteiger partial charge in [-0.15, -0.1) is 0 Å². The Balaban J connectivity index is 1.58. The molecule has 0 saturated carbocycles. The molecule has 29 heavy (non-hydrogen) atoms. The highest BCUT2D eigenvalue weighted by Crippen LogP contribution is 2.31. The summed E-state index contributed by atoms with van der Waals surface area (Å²) < 4.78 is 32.7. The minimum Gasteiger partial charge on any atom is -0.483 e. The molecule has 0 unspecified atom stereocenters. The number of hydrogen-bond acceptors (Lipinski definition) is 4. The second-order valence-corrected chi connectivity index (χ2v) is 10.1. The van der Waals surface area contributed by atoms with Crippen LogP contribution in [0.25, 0.3) is 0 Å². The Morgan fingerprint density at radius 1 is 0.931 bits per heavy atom. The van der Waals surface area contributed by atoms with E-state index >= 15 is 0 Å². The summed E-state index contributed by atoms with van der Waals surface area (Å²) in [4.78, 5) is 14.5. The third kappa shape index (κ3) is 4.97. The summed E-state index contributed by atoms with van der Waals surface area (Å²) in [5.74, 6) is 0.573. The molecule has 3 rings (SSSR count). The molecular formula is C22H28N2O4S. The predicted molar refractivity (Wildman–Crippen MR) is 112 cm³/mol. The van der Waals surface area contributed by atoms with Crippen molar-refractivity contribution in [1.82, 2.24) is 9.21 Å². The van der Waals surface area contributed by atoms with Gasteiger partial charge in [-0.05, 0) is 29.2 Å². The lowest BCUT2D eigenvalue weighted by atomic mass is 9.86. The number of carbonyl (C=O) groups is 1. The van der Waals surface area contributed by atoms with Crippen molar-refractivity contribution in [3.63, 3.8) is 0 Å². The monoisotopic (exact) mass is 416 g/mol. The van der Waals surface area contributed by atoms with Crippen LogP contribution in [0.1, 0.15) is 26.3 Å². The zero-order valence-electron chi connectivity index (χ0n) is 17.2. The zero-order chi connectivity index (χ0) is 21.1. The minimum absolute atomic E-state index is 0.0570. The number of carbonyl (C=O) groups excluding carboxylic acids is 1. The van der Waals surface area contributed by atoms with Gasteiger partial charge in [0.25, 0.3) is 5.91 Å². The average Bonchev–Trinajstić information content (AvgIpc) is 2.72. The lowest BCUT2D eigenvalue weighted by molar-refractivity contribution is -0.134. The van der Waals surface area contributed by atoms with Gasteiger partial charge in [-0.3, -0.25) is 4.79 Å². The highest BCUT2D eigenvalue weighted by Gasteiger charge is 2.30. The fraction of sp³-hybridized carbons (Fsp3) is 0.409. The smallest absolute Gasteiger partial charge is 0.260 e. The molecule has 0 N–H and O–H groups in total. The molecule has 0 atom stereocenters. The van der Waals surface area contributed by atoms with Gasteiger partial charge in [-0.25, -0.2) is 8.42 Å². The first kappa shape index (κ1) is 21.3. The van der Waals surface area contributed by atoms with Crippen LogP contribution in [0.4, 0.5) is 0 Å². The van der Waals surface area contributed by atoms with Crippen molar-refractivity contribution in [1.29, 1.82) is 0 Å². The summed E-state index contributed by atoms with van der Waals surface area (Å²) in [5.41, 5.74) is 0.962. The average molecular weight is 417 g/mol. The Morgan fingerprint density at radius 3 is 2.14 bits per heavy atom. The van der Waals surface area contributed by atoms with Crippen molar-refractivity contribution in [3.05, 3.63) is 60.2 Å². The van der Waals surface area contributed by atoms with Crippen LogP contribution in [0.5, 0.6) is 5.75 Å². The molecule has 1 amide bonds. The number of sulfonamides is 1. The largest absolute Gasteiger partial charge is 0.483 e. The molecule has 1 fully saturated rings. The second kappa shape index (κ2) is 8.55. The van der Waals surface area contributed by atoms with Gasteiger partial charge in [-0.2, -0.15) is 4.31 Å². The number of piperazine rings is 1. The SMILES string of the molecule is CC(C)(C)c1ccccc1OCC(=O)N1CCN(S(=O)(=O)c2ccccc2)CC1. The molecule has 0 aromatic heterocycles. The molecule has 0 spiro atoms. The van der Waals surface area contributed by atoms with Crippen LogP contribution in [0.3, 0.4) is 0 Å². The number of hydrogen-bond donors (Lipinski definition) is 0. The van der Waals surface area contributed by atoms with Crippen molar-refractivity contribution in [2.24, 2.45) is 0 Å². The summed E-state index contributed by atoms with van der Waals surface area (Å²) in [6, 6.07) is 16.1. The van der Waals surface area contributed by atoms with Gasteiger partial charge in [0, 0.05) is 26.2 Å². The number of benzene rings is 2. The molecular weight excluding hydrogens is 388 g/mol. The fourth-order valence-corrected chi connectivity index (χ4v) is 4.81. The van der Waals surface area contributed by atoms with Gasteiger partial charge in [0.05, 0.1) is 4.90 Å². The van der Waals surface area contributed by atoms with E-state index in [0.717, 1.165) is 5.56 Å². The fourth-order valence-electron chi connectivity index (χ4n) is 3.36. The Kier molecular flexibility index (Phi) is 6.29. The van der Waals surface area contributed by atoms with E-state index in [4.69, 9.17) is 4.74 Å². The Morgan fingerprint density at radius 2 is 1.52 bits per heavy atom. The van der Waals surface area contributed by atoms with Crippen molar-refractivity contribution >= 4 is 15.9 Å². The molecule has 156 valence electrons. The van der Waals surface area contributed by atoms with Crippen LogP contribution in [0, 0.1) is 0 Å². The Hall–Kier alpha value is -2.38. The van der Waals surface area contributed by atoms with E-state index in [1.54, 1.807) is 35.2 Å². The Bertz CT molecular complexity index is 944. The lowest BCUT2D eigenvalue weighted by Gasteiger charge is -2.34. The molecule has 1 heterocycles. The van der Waals surface area contributed by atoms with Gasteiger partial charge in [0.1, 0.15) is 5.75 Å². The number of para-hydroxylation sites is 1. The van der Waals surface area contributed by atoms with E-state index < -0.39 is 10.0 Å². The highest BCUT2D eigenvalue weighted by atomic mass is 32.2. The molecule has 7 heteroatoms. The van der Waals surface area contributed by atoms with Crippen molar-refractivity contribution in [2.75, 3.05) is 32.8 Å². The van der Waals surface area contributed by atoms with E-state index in [2.05, 4.69) is 20.8 Å². The predicted octanol–water partition coefficient (Wildman–Crippen LogP) is 2.90. The van der Waals surface area contributed by atoms with Crippen LogP contribution in [-0.4, -0.2) is 56.3 Å². The topological polar surface area (TPSA) is 66.9 Å². The van der Waals surface area contributed by atoms with E-state index in [0.29, 0.717) is 18.8 Å². The van der Waals surface area contributed by atoms with Crippen molar-refractivity contribution < 1.29 is 17.9 Å². The molecule has 1 saturated heterocycles. The van der Waals surface area contributed by atoms with Crippen LogP contribution < -0.4 is 4.74 Å². The van der Waals surface area contributed by atoms with Gasteiger partial charge >= 0.3 is 0 Å². The standard InChI is InChI=1S/C22H28N2O4S/c1-22(2,3)19-11-7-8-12-20(19)28-17-21(25)23-13-15-24(16-14-23)29(26,27)18-9-5-4-6-10-18/h4-12H,13-17H2,1-3H3. The van der Waals surface area contributed by atoms with Gasteiger partial charge < -0.3 is 9.64 Å². The molecule has 1 aliphatic rings. The third-order valence-electron chi connectivity index (χ3n) is 5.02. The molecule has 2 aromatic rings. The zero-order valence-corrected chi connectivity index (χ0v) is 18.0. The maximum atomic E-state index is 12.7. The van der Waals surface area contributed by atoms with Crippen LogP contribution >= 0.6 is 0 Å². The van der Waals surface area contributed by atoms with Crippen molar-refractivity contribution in [2.45, 2.75) is 31.1 Å². The maximum absolute atomic E-state index is 12.7. The van der Waals surface area contributed by atoms with Crippen LogP contribution in [0.2, 0.25) is 0 Å². The van der Waals surface area contributed by atoms with Crippen LogP contribution in [0.15, 0.2) is 59.5 Å². The molecule has 6 nitrogen and oxygen atoms in total. The number of nitrogens with zero attached hydrogens (tertiary/aromatic N) is 2. The number of amides is 1. The summed E-state index contributed by atoms with van der Waals surface area (Å²) >= 11 is 0. The van der Waals surface area contributed by atoms with Crippen LogP contribution in [-0.2, 0) is 20.2 Å². The summed E-state index contributed by atoms with van der Waals surface area (Å²) in [7, 11) is -3.52. The molecule has 0 bridgehead atoms. The quantitative estimate of drug-likeness (QED) is 0.752. The highest BCUT2D eigenvalue weighted by molar-refractivity contribution is 7.89. The summed E-state index contributed by atoms with van der Waals surface area (Å²) in [6.45, 7) is 7.52. The van der Waals surface area contributed by atoms with E-state index in [1.165, 1.54) is 4.31 Å². The van der Waals surface area contributed by atoms with Crippen molar-refractivity contribution in [3.8, 4) is 5.75 Å². The van der Waals surface area contributed by atoms with Gasteiger partial charge in [0.15, 0.2) is 6.61 Å². The first-order valence-electron chi connectivity index (χ1n) is 9.75. The lowest BCUT2D eigenvalue weighted by Crippen LogP contribution is -2.51. The van der Waals surface area contributed by atoms with E-state index in [1.807, 2.05) is 24.3 Å². The second-order valence-electron chi connectivity index (χ2n) is 8.13. The summed E-state index contributed by atoms with van der Waals surface area (Å²) in [6.07, 6.45) is 0. The number of rotatable bonds is 5. The van der Waals surface area contributed by atoms with E-state index in [-0.39, 0.29) is 35.9 Å². The maximum Gasteiger partial charge on any atom is 0.260 e. The summed E-state index contributed by atoms with van der Waals surface area (Å²) in [5, 5.41) is 0. The van der Waals surface area contributed by atoms with Gasteiger partial charge in [-0.1, -0.05) is 57.2 Å². The Labute approximate surface area is 173 Å². The van der Waals surface area contributed by atoms with Gasteiger partial charge in [0.2, 0.25) is 10.0 Å². The first-order chi connectivity index (χ1) is 13.7. The molecule has 0 aliphatic carbocycles. The van der Waals surface area contributed by atoms with E-state index in [9.17, 15) is 13.2 Å². The molecule has 0 radical (unpaired) electrons.